The number of aliphatic carboxylic acids is 1. The number of piperidine rings is 1. The number of urea groups is 1. The van der Waals surface area contributed by atoms with Crippen LogP contribution in [0.4, 0.5) is 4.79 Å². The Balaban J connectivity index is 1.28. The highest BCUT2D eigenvalue weighted by molar-refractivity contribution is 6.35. The molecule has 3 aromatic rings. The van der Waals surface area contributed by atoms with Crippen LogP contribution in [0.3, 0.4) is 0 Å². The number of carboxylic acid groups (broad SMARTS) is 1. The maximum Gasteiger partial charge on any atom is 0.320 e. The molecule has 0 bridgehead atoms. The summed E-state index contributed by atoms with van der Waals surface area (Å²) in [5, 5.41) is 10.5. The first-order chi connectivity index (χ1) is 20.3. The summed E-state index contributed by atoms with van der Waals surface area (Å²) < 4.78 is 0. The second-order valence-electron chi connectivity index (χ2n) is 11.3. The summed E-state index contributed by atoms with van der Waals surface area (Å²) in [6, 6.07) is 22.8. The Labute approximate surface area is 256 Å². The van der Waals surface area contributed by atoms with E-state index in [1.54, 1.807) is 28.0 Å². The minimum absolute atomic E-state index is 0.0277. The van der Waals surface area contributed by atoms with Crippen LogP contribution in [0.1, 0.15) is 46.3 Å². The van der Waals surface area contributed by atoms with Crippen molar-refractivity contribution in [1.82, 2.24) is 14.7 Å². The fourth-order valence-electron chi connectivity index (χ4n) is 6.06. The van der Waals surface area contributed by atoms with Crippen LogP contribution >= 0.6 is 23.2 Å². The predicted molar refractivity (Wildman–Crippen MR) is 164 cm³/mol. The van der Waals surface area contributed by atoms with Crippen LogP contribution in [0.2, 0.25) is 10.0 Å². The van der Waals surface area contributed by atoms with Gasteiger partial charge in [-0.2, -0.15) is 0 Å². The number of carbonyl (C=O) groups is 3. The van der Waals surface area contributed by atoms with Gasteiger partial charge in [0.2, 0.25) is 0 Å². The Morgan fingerprint density at radius 3 is 2.12 bits per heavy atom. The van der Waals surface area contributed by atoms with E-state index in [-0.39, 0.29) is 37.4 Å². The van der Waals surface area contributed by atoms with E-state index in [1.165, 1.54) is 5.56 Å². The normalized spacial score (nSPS) is 17.9. The second kappa shape index (κ2) is 13.6. The first kappa shape index (κ1) is 29.9. The monoisotopic (exact) mass is 607 g/mol. The molecule has 3 aromatic carbocycles. The van der Waals surface area contributed by atoms with E-state index >= 15 is 0 Å². The zero-order valence-corrected chi connectivity index (χ0v) is 24.9. The van der Waals surface area contributed by atoms with Crippen molar-refractivity contribution in [3.8, 4) is 0 Å². The first-order valence-corrected chi connectivity index (χ1v) is 15.1. The minimum atomic E-state index is -0.912. The van der Waals surface area contributed by atoms with Crippen LogP contribution in [0.5, 0.6) is 0 Å². The molecule has 2 saturated heterocycles. The molecule has 0 aromatic heterocycles. The molecule has 0 spiro atoms. The smallest absolute Gasteiger partial charge is 0.320 e. The summed E-state index contributed by atoms with van der Waals surface area (Å²) in [5.41, 5.74) is 3.39. The van der Waals surface area contributed by atoms with Crippen molar-refractivity contribution in [3.63, 3.8) is 0 Å². The van der Waals surface area contributed by atoms with E-state index < -0.39 is 5.97 Å². The van der Waals surface area contributed by atoms with E-state index in [1.807, 2.05) is 35.2 Å². The Bertz CT molecular complexity index is 1430. The predicted octanol–water partition coefficient (Wildman–Crippen LogP) is 6.62. The molecule has 0 aliphatic carbocycles. The summed E-state index contributed by atoms with van der Waals surface area (Å²) in [7, 11) is 0. The SMILES string of the molecule is O=C(O)CC1CN(Cc2ccc(Cl)cc2Cl)C(=O)N(Cc2ccccc2C(=O)N2CCC(Cc3ccccc3)CC2)C1. The van der Waals surface area contributed by atoms with Crippen LogP contribution in [0, 0.1) is 11.8 Å². The lowest BCUT2D eigenvalue weighted by atomic mass is 9.90. The first-order valence-electron chi connectivity index (χ1n) is 14.4. The summed E-state index contributed by atoms with van der Waals surface area (Å²) >= 11 is 12.4. The number of likely N-dealkylation sites (tertiary alicyclic amines) is 1. The van der Waals surface area contributed by atoms with Crippen molar-refractivity contribution in [3.05, 3.63) is 105 Å². The standard InChI is InChI=1S/C33H35Cl2N3O4/c34-28-11-10-27(30(35)18-28)22-38-20-25(17-31(39)40)19-37(33(38)42)21-26-8-4-5-9-29(26)32(41)36-14-12-24(13-15-36)16-23-6-2-1-3-7-23/h1-11,18,24-25H,12-17,19-22H2,(H,39,40). The molecule has 5 rings (SSSR count). The number of nitrogens with zero attached hydrogens (tertiary/aromatic N) is 3. The summed E-state index contributed by atoms with van der Waals surface area (Å²) in [4.78, 5) is 44.2. The minimum Gasteiger partial charge on any atom is -0.481 e. The molecule has 7 nitrogen and oxygen atoms in total. The van der Waals surface area contributed by atoms with E-state index in [2.05, 4.69) is 24.3 Å². The van der Waals surface area contributed by atoms with Crippen LogP contribution in [-0.4, -0.2) is 63.9 Å². The number of benzene rings is 3. The molecule has 2 aliphatic heterocycles. The lowest BCUT2D eigenvalue weighted by molar-refractivity contribution is -0.138. The zero-order chi connectivity index (χ0) is 29.6. The quantitative estimate of drug-likeness (QED) is 0.296. The van der Waals surface area contributed by atoms with Crippen LogP contribution in [0.25, 0.3) is 0 Å². The van der Waals surface area contributed by atoms with Crippen LogP contribution < -0.4 is 0 Å². The van der Waals surface area contributed by atoms with Gasteiger partial charge >= 0.3 is 12.0 Å². The van der Waals surface area contributed by atoms with Gasteiger partial charge in [-0.05, 0) is 60.1 Å². The molecule has 0 radical (unpaired) electrons. The van der Waals surface area contributed by atoms with E-state index in [0.29, 0.717) is 47.7 Å². The fourth-order valence-corrected chi connectivity index (χ4v) is 6.53. The third-order valence-corrected chi connectivity index (χ3v) is 8.80. The third-order valence-electron chi connectivity index (χ3n) is 8.22. The highest BCUT2D eigenvalue weighted by Crippen LogP contribution is 2.28. The molecule has 220 valence electrons. The Hall–Kier alpha value is -3.55. The van der Waals surface area contributed by atoms with Crippen molar-refractivity contribution in [2.24, 2.45) is 11.8 Å². The van der Waals surface area contributed by atoms with Crippen molar-refractivity contribution >= 4 is 41.1 Å². The topological polar surface area (TPSA) is 81.2 Å². The molecule has 2 fully saturated rings. The number of amides is 3. The Morgan fingerprint density at radius 2 is 1.45 bits per heavy atom. The van der Waals surface area contributed by atoms with Gasteiger partial charge in [0, 0.05) is 60.8 Å². The van der Waals surface area contributed by atoms with Crippen molar-refractivity contribution < 1.29 is 19.5 Å². The number of hydrogen-bond acceptors (Lipinski definition) is 3. The number of hydrogen-bond donors (Lipinski definition) is 1. The van der Waals surface area contributed by atoms with Crippen molar-refractivity contribution in [1.29, 1.82) is 0 Å². The van der Waals surface area contributed by atoms with Gasteiger partial charge in [-0.3, -0.25) is 9.59 Å². The second-order valence-corrected chi connectivity index (χ2v) is 12.2. The summed E-state index contributed by atoms with van der Waals surface area (Å²) in [5.74, 6) is -0.660. The average molecular weight is 609 g/mol. The van der Waals surface area contributed by atoms with Crippen LogP contribution in [-0.2, 0) is 24.3 Å². The zero-order valence-electron chi connectivity index (χ0n) is 23.4. The molecular formula is C33H35Cl2N3O4. The molecule has 9 heteroatoms. The van der Waals surface area contributed by atoms with E-state index in [0.717, 1.165) is 30.4 Å². The molecule has 0 saturated carbocycles. The lowest BCUT2D eigenvalue weighted by Gasteiger charge is -2.40. The van der Waals surface area contributed by atoms with Gasteiger partial charge in [-0.25, -0.2) is 4.79 Å². The Morgan fingerprint density at radius 1 is 0.810 bits per heavy atom. The number of carbonyl (C=O) groups excluding carboxylic acids is 2. The highest BCUT2D eigenvalue weighted by atomic mass is 35.5. The lowest BCUT2D eigenvalue weighted by Crippen LogP contribution is -2.53. The van der Waals surface area contributed by atoms with Gasteiger partial charge in [0.05, 0.1) is 6.42 Å². The Kier molecular flexibility index (Phi) is 9.70. The number of carboxylic acids is 1. The van der Waals surface area contributed by atoms with Gasteiger partial charge in [0.25, 0.3) is 5.91 Å². The number of rotatable bonds is 9. The maximum absolute atomic E-state index is 13.7. The van der Waals surface area contributed by atoms with Gasteiger partial charge in [-0.15, -0.1) is 0 Å². The molecule has 2 heterocycles. The van der Waals surface area contributed by atoms with Crippen molar-refractivity contribution in [2.75, 3.05) is 26.2 Å². The molecular weight excluding hydrogens is 573 g/mol. The molecule has 1 N–H and O–H groups in total. The molecule has 2 aliphatic rings. The van der Waals surface area contributed by atoms with Gasteiger partial charge < -0.3 is 19.8 Å². The van der Waals surface area contributed by atoms with Gasteiger partial charge in [-0.1, -0.05) is 77.8 Å². The fraction of sp³-hybridized carbons (Fsp3) is 0.364. The van der Waals surface area contributed by atoms with Gasteiger partial charge in [0.15, 0.2) is 0 Å². The summed E-state index contributed by atoms with van der Waals surface area (Å²) in [6.07, 6.45) is 2.86. The van der Waals surface area contributed by atoms with E-state index in [9.17, 15) is 19.5 Å². The van der Waals surface area contributed by atoms with Gasteiger partial charge in [0.1, 0.15) is 0 Å². The van der Waals surface area contributed by atoms with Crippen molar-refractivity contribution in [2.45, 2.75) is 38.8 Å². The van der Waals surface area contributed by atoms with Crippen LogP contribution in [0.15, 0.2) is 72.8 Å². The molecule has 1 unspecified atom stereocenters. The molecule has 1 atom stereocenters. The summed E-state index contributed by atoms with van der Waals surface area (Å²) in [6.45, 7) is 2.45. The molecule has 42 heavy (non-hydrogen) atoms. The molecule has 3 amide bonds. The largest absolute Gasteiger partial charge is 0.481 e. The average Bonchev–Trinajstić information content (AvgIpc) is 2.97. The number of halogens is 2. The van der Waals surface area contributed by atoms with E-state index in [4.69, 9.17) is 23.2 Å². The third kappa shape index (κ3) is 7.44. The highest BCUT2D eigenvalue weighted by Gasteiger charge is 2.34. The maximum atomic E-state index is 13.7.